The summed E-state index contributed by atoms with van der Waals surface area (Å²) in [4.78, 5) is 0. The van der Waals surface area contributed by atoms with Gasteiger partial charge < -0.3 is 0 Å². The maximum absolute atomic E-state index is 8.78. The third kappa shape index (κ3) is 2.12. The molecule has 0 unspecified atom stereocenters. The summed E-state index contributed by atoms with van der Waals surface area (Å²) in [5.74, 6) is 1.03. The van der Waals surface area contributed by atoms with Gasteiger partial charge in [0, 0.05) is 0 Å². The second-order valence-corrected chi connectivity index (χ2v) is 3.77. The van der Waals surface area contributed by atoms with Gasteiger partial charge in [0.05, 0.1) is 13.1 Å². The Morgan fingerprint density at radius 3 is 2.75 bits per heavy atom. The highest BCUT2D eigenvalue weighted by molar-refractivity contribution is 5.15. The second kappa shape index (κ2) is 4.63. The molecule has 0 saturated carbocycles. The average molecular weight is 212 g/mol. The van der Waals surface area contributed by atoms with Gasteiger partial charge in [0.25, 0.3) is 5.82 Å². The predicted octanol–water partition coefficient (Wildman–Crippen LogP) is 1.43. The normalized spacial score (nSPS) is 10.0. The zero-order valence-electron chi connectivity index (χ0n) is 9.30. The number of rotatable bonds is 3. The van der Waals surface area contributed by atoms with Crippen LogP contribution >= 0.6 is 0 Å². The van der Waals surface area contributed by atoms with Crippen molar-refractivity contribution in [3.63, 3.8) is 0 Å². The quantitative estimate of drug-likeness (QED) is 0.708. The fourth-order valence-corrected chi connectivity index (χ4v) is 1.78. The Bertz CT molecular complexity index is 506. The summed E-state index contributed by atoms with van der Waals surface area (Å²) < 4.78 is 4.10. The molecule has 3 nitrogen and oxygen atoms in total. The molecule has 16 heavy (non-hydrogen) atoms. The summed E-state index contributed by atoms with van der Waals surface area (Å²) in [6.07, 6.45) is 4.44. The van der Waals surface area contributed by atoms with Gasteiger partial charge in [-0.3, -0.25) is 0 Å². The monoisotopic (exact) mass is 212 g/mol. The molecule has 0 bridgehead atoms. The molecule has 1 aromatic heterocycles. The minimum absolute atomic E-state index is 0.441. The van der Waals surface area contributed by atoms with E-state index in [1.165, 1.54) is 5.56 Å². The lowest BCUT2D eigenvalue weighted by Crippen LogP contribution is -2.32. The number of hydrogen-bond acceptors (Lipinski definition) is 1. The summed E-state index contributed by atoms with van der Waals surface area (Å²) in [7, 11) is 1.97. The molecule has 0 amide bonds. The van der Waals surface area contributed by atoms with Crippen molar-refractivity contribution >= 4 is 0 Å². The molecule has 0 N–H and O–H groups in total. The first-order valence-corrected chi connectivity index (χ1v) is 5.26. The van der Waals surface area contributed by atoms with Crippen LogP contribution < -0.4 is 4.57 Å². The highest BCUT2D eigenvalue weighted by Crippen LogP contribution is 2.04. The third-order valence-electron chi connectivity index (χ3n) is 2.64. The summed E-state index contributed by atoms with van der Waals surface area (Å²) in [5, 5.41) is 8.78. The average Bonchev–Trinajstić information content (AvgIpc) is 2.64. The topological polar surface area (TPSA) is 32.6 Å². The Balaban J connectivity index is 2.26. The van der Waals surface area contributed by atoms with Crippen molar-refractivity contribution < 1.29 is 4.57 Å². The minimum atomic E-state index is 0.441. The highest BCUT2D eigenvalue weighted by atomic mass is 15.1. The number of benzene rings is 1. The van der Waals surface area contributed by atoms with E-state index in [1.807, 2.05) is 42.2 Å². The Morgan fingerprint density at radius 1 is 1.31 bits per heavy atom. The standard InChI is InChI=1S/C13H14N3/c1-15-9-10-16(13(15)7-8-14)11-12-5-3-2-4-6-12/h2-6,9-10H,7,11H2,1H3/q+1. The van der Waals surface area contributed by atoms with Crippen molar-refractivity contribution in [2.45, 2.75) is 13.0 Å². The van der Waals surface area contributed by atoms with Gasteiger partial charge in [0.2, 0.25) is 0 Å². The van der Waals surface area contributed by atoms with Crippen LogP contribution in [-0.4, -0.2) is 4.57 Å². The Kier molecular flexibility index (Phi) is 3.02. The molecular weight excluding hydrogens is 198 g/mol. The van der Waals surface area contributed by atoms with Crippen molar-refractivity contribution in [1.82, 2.24) is 4.57 Å². The van der Waals surface area contributed by atoms with Gasteiger partial charge in [-0.15, -0.1) is 0 Å². The first-order valence-electron chi connectivity index (χ1n) is 5.26. The van der Waals surface area contributed by atoms with Crippen molar-refractivity contribution in [3.05, 3.63) is 54.1 Å². The zero-order chi connectivity index (χ0) is 11.4. The molecule has 2 rings (SSSR count). The summed E-state index contributed by atoms with van der Waals surface area (Å²) in [5.41, 5.74) is 1.25. The molecule has 0 spiro atoms. The van der Waals surface area contributed by atoms with Crippen LogP contribution in [-0.2, 0) is 20.0 Å². The number of aromatic nitrogens is 2. The predicted molar refractivity (Wildman–Crippen MR) is 60.5 cm³/mol. The minimum Gasteiger partial charge on any atom is -0.236 e. The Labute approximate surface area is 95.2 Å². The molecular formula is C13H14N3+. The van der Waals surface area contributed by atoms with Gasteiger partial charge in [-0.05, 0) is 5.56 Å². The van der Waals surface area contributed by atoms with Crippen LogP contribution in [0.1, 0.15) is 11.4 Å². The van der Waals surface area contributed by atoms with Crippen molar-refractivity contribution in [1.29, 1.82) is 5.26 Å². The van der Waals surface area contributed by atoms with E-state index in [2.05, 4.69) is 22.8 Å². The van der Waals surface area contributed by atoms with E-state index in [9.17, 15) is 0 Å². The number of aryl methyl sites for hydroxylation is 1. The van der Waals surface area contributed by atoms with Gasteiger partial charge in [0.15, 0.2) is 0 Å². The second-order valence-electron chi connectivity index (χ2n) is 3.77. The van der Waals surface area contributed by atoms with Crippen molar-refractivity contribution in [2.24, 2.45) is 7.05 Å². The molecule has 0 fully saturated rings. The van der Waals surface area contributed by atoms with E-state index >= 15 is 0 Å². The van der Waals surface area contributed by atoms with E-state index in [1.54, 1.807) is 0 Å². The van der Waals surface area contributed by atoms with Crippen LogP contribution in [0.3, 0.4) is 0 Å². The smallest absolute Gasteiger partial charge is 0.236 e. The van der Waals surface area contributed by atoms with Gasteiger partial charge in [-0.25, -0.2) is 9.13 Å². The van der Waals surface area contributed by atoms with Crippen LogP contribution in [0, 0.1) is 11.3 Å². The van der Waals surface area contributed by atoms with Crippen LogP contribution in [0.5, 0.6) is 0 Å². The van der Waals surface area contributed by atoms with E-state index in [-0.39, 0.29) is 0 Å². The molecule has 0 aliphatic heterocycles. The number of nitrogens with zero attached hydrogens (tertiary/aromatic N) is 3. The molecule has 1 aromatic carbocycles. The number of nitriles is 1. The third-order valence-corrected chi connectivity index (χ3v) is 2.64. The molecule has 2 aromatic rings. The fourth-order valence-electron chi connectivity index (χ4n) is 1.78. The van der Waals surface area contributed by atoms with E-state index in [0.29, 0.717) is 6.42 Å². The molecule has 0 atom stereocenters. The number of hydrogen-bond donors (Lipinski definition) is 0. The zero-order valence-corrected chi connectivity index (χ0v) is 9.30. The molecule has 0 aliphatic rings. The molecule has 80 valence electrons. The first kappa shape index (κ1) is 10.4. The lowest BCUT2D eigenvalue weighted by atomic mass is 10.2. The molecule has 1 heterocycles. The molecule has 3 heteroatoms. The van der Waals surface area contributed by atoms with Crippen molar-refractivity contribution in [2.75, 3.05) is 0 Å². The Morgan fingerprint density at radius 2 is 2.06 bits per heavy atom. The maximum Gasteiger partial charge on any atom is 0.270 e. The molecule has 0 saturated heterocycles. The van der Waals surface area contributed by atoms with Crippen LogP contribution in [0.15, 0.2) is 42.7 Å². The summed E-state index contributed by atoms with van der Waals surface area (Å²) in [6.45, 7) is 0.818. The lowest BCUT2D eigenvalue weighted by molar-refractivity contribution is -0.678. The maximum atomic E-state index is 8.78. The van der Waals surface area contributed by atoms with Gasteiger partial charge >= 0.3 is 0 Å². The number of imidazole rings is 1. The van der Waals surface area contributed by atoms with Crippen molar-refractivity contribution in [3.8, 4) is 6.07 Å². The van der Waals surface area contributed by atoms with Gasteiger partial charge in [0.1, 0.15) is 25.4 Å². The summed E-state index contributed by atoms with van der Waals surface area (Å²) >= 11 is 0. The summed E-state index contributed by atoms with van der Waals surface area (Å²) in [6, 6.07) is 12.5. The molecule has 0 aliphatic carbocycles. The van der Waals surface area contributed by atoms with E-state index in [0.717, 1.165) is 12.4 Å². The van der Waals surface area contributed by atoms with Crippen LogP contribution in [0.2, 0.25) is 0 Å². The van der Waals surface area contributed by atoms with E-state index < -0.39 is 0 Å². The Hall–Kier alpha value is -2.08. The molecule has 0 radical (unpaired) electrons. The first-order chi connectivity index (χ1) is 7.81. The SMILES string of the molecule is C[n+]1ccn(Cc2ccccc2)c1CC#N. The largest absolute Gasteiger partial charge is 0.270 e. The van der Waals surface area contributed by atoms with Crippen LogP contribution in [0.25, 0.3) is 0 Å². The highest BCUT2D eigenvalue weighted by Gasteiger charge is 2.13. The fraction of sp³-hybridized carbons (Fsp3) is 0.231. The van der Waals surface area contributed by atoms with Gasteiger partial charge in [-0.2, -0.15) is 5.26 Å². The van der Waals surface area contributed by atoms with E-state index in [4.69, 9.17) is 5.26 Å². The lowest BCUT2D eigenvalue weighted by Gasteiger charge is -2.00. The van der Waals surface area contributed by atoms with Crippen LogP contribution in [0.4, 0.5) is 0 Å². The van der Waals surface area contributed by atoms with Gasteiger partial charge in [-0.1, -0.05) is 30.3 Å².